The van der Waals surface area contributed by atoms with Crippen LogP contribution < -0.4 is 11.1 Å². The van der Waals surface area contributed by atoms with Crippen LogP contribution in [0, 0.1) is 0 Å². The van der Waals surface area contributed by atoms with Gasteiger partial charge in [-0.3, -0.25) is 14.5 Å². The first-order valence-electron chi connectivity index (χ1n) is 10.5. The molecule has 32 heavy (non-hydrogen) atoms. The number of halogens is 1. The molecule has 0 radical (unpaired) electrons. The van der Waals surface area contributed by atoms with Gasteiger partial charge in [-0.25, -0.2) is 9.97 Å². The first-order chi connectivity index (χ1) is 15.4. The number of amides is 2. The molecule has 8 nitrogen and oxygen atoms in total. The molecule has 1 aromatic heterocycles. The van der Waals surface area contributed by atoms with Gasteiger partial charge in [-0.15, -0.1) is 0 Å². The SMILES string of the molecule is C[C@H](NC(=O)c1ccccc1Cl)C(=O)N1CCN(Cc2nc(N)c3ccccc3n2)CC1. The Morgan fingerprint density at radius 2 is 1.75 bits per heavy atom. The van der Waals surface area contributed by atoms with Gasteiger partial charge in [0.25, 0.3) is 5.91 Å². The number of nitrogen functional groups attached to an aromatic ring is 1. The summed E-state index contributed by atoms with van der Waals surface area (Å²) in [6.45, 7) is 4.76. The molecular weight excluding hydrogens is 428 g/mol. The van der Waals surface area contributed by atoms with Crippen molar-refractivity contribution in [2.45, 2.75) is 19.5 Å². The van der Waals surface area contributed by atoms with E-state index in [1.165, 1.54) is 0 Å². The molecule has 2 aromatic carbocycles. The van der Waals surface area contributed by atoms with Crippen LogP contribution in [0.1, 0.15) is 23.1 Å². The maximum absolute atomic E-state index is 12.8. The van der Waals surface area contributed by atoms with Gasteiger partial charge in [0, 0.05) is 31.6 Å². The second-order valence-corrected chi connectivity index (χ2v) is 8.23. The molecule has 1 saturated heterocycles. The van der Waals surface area contributed by atoms with Crippen molar-refractivity contribution >= 4 is 40.1 Å². The highest BCUT2D eigenvalue weighted by Crippen LogP contribution is 2.18. The lowest BCUT2D eigenvalue weighted by molar-refractivity contribution is -0.134. The molecule has 0 unspecified atom stereocenters. The Kier molecular flexibility index (Phi) is 6.53. The van der Waals surface area contributed by atoms with E-state index in [1.54, 1.807) is 36.1 Å². The number of para-hydroxylation sites is 1. The van der Waals surface area contributed by atoms with Gasteiger partial charge in [0.1, 0.15) is 17.7 Å². The van der Waals surface area contributed by atoms with Crippen molar-refractivity contribution in [3.05, 3.63) is 64.9 Å². The second kappa shape index (κ2) is 9.50. The summed E-state index contributed by atoms with van der Waals surface area (Å²) < 4.78 is 0. The van der Waals surface area contributed by atoms with Gasteiger partial charge in [0.2, 0.25) is 5.91 Å². The number of hydrogen-bond acceptors (Lipinski definition) is 6. The Bertz CT molecular complexity index is 1150. The summed E-state index contributed by atoms with van der Waals surface area (Å²) in [6.07, 6.45) is 0. The second-order valence-electron chi connectivity index (χ2n) is 7.82. The van der Waals surface area contributed by atoms with Crippen LogP contribution in [-0.2, 0) is 11.3 Å². The minimum atomic E-state index is -0.644. The summed E-state index contributed by atoms with van der Waals surface area (Å²) >= 11 is 6.08. The Hall–Kier alpha value is -3.23. The van der Waals surface area contributed by atoms with Crippen LogP contribution in [0.2, 0.25) is 5.02 Å². The summed E-state index contributed by atoms with van der Waals surface area (Å²) in [7, 11) is 0. The van der Waals surface area contributed by atoms with E-state index < -0.39 is 6.04 Å². The number of aromatic nitrogens is 2. The van der Waals surface area contributed by atoms with E-state index in [0.717, 1.165) is 10.9 Å². The van der Waals surface area contributed by atoms with E-state index in [2.05, 4.69) is 20.2 Å². The zero-order valence-electron chi connectivity index (χ0n) is 17.8. The van der Waals surface area contributed by atoms with Gasteiger partial charge in [-0.2, -0.15) is 0 Å². The molecule has 1 fully saturated rings. The van der Waals surface area contributed by atoms with Crippen LogP contribution in [0.4, 0.5) is 5.82 Å². The summed E-state index contributed by atoms with van der Waals surface area (Å²) in [5.74, 6) is 0.668. The van der Waals surface area contributed by atoms with E-state index in [1.807, 2.05) is 24.3 Å². The molecule has 0 bridgehead atoms. The average molecular weight is 453 g/mol. The molecule has 166 valence electrons. The van der Waals surface area contributed by atoms with Crippen LogP contribution >= 0.6 is 11.6 Å². The number of hydrogen-bond donors (Lipinski definition) is 2. The Balaban J connectivity index is 1.32. The van der Waals surface area contributed by atoms with Crippen LogP contribution in [0.25, 0.3) is 10.9 Å². The predicted molar refractivity (Wildman–Crippen MR) is 124 cm³/mol. The highest BCUT2D eigenvalue weighted by molar-refractivity contribution is 6.33. The van der Waals surface area contributed by atoms with E-state index in [9.17, 15) is 9.59 Å². The Morgan fingerprint density at radius 3 is 2.50 bits per heavy atom. The van der Waals surface area contributed by atoms with E-state index in [0.29, 0.717) is 55.0 Å². The van der Waals surface area contributed by atoms with Crippen LogP contribution in [-0.4, -0.2) is 63.8 Å². The Labute approximate surface area is 191 Å². The van der Waals surface area contributed by atoms with E-state index >= 15 is 0 Å². The molecule has 0 saturated carbocycles. The number of anilines is 1. The largest absolute Gasteiger partial charge is 0.383 e. The highest BCUT2D eigenvalue weighted by atomic mass is 35.5. The molecule has 0 spiro atoms. The fraction of sp³-hybridized carbons (Fsp3) is 0.304. The van der Waals surface area contributed by atoms with Crippen molar-refractivity contribution in [3.8, 4) is 0 Å². The van der Waals surface area contributed by atoms with Crippen molar-refractivity contribution in [1.82, 2.24) is 25.1 Å². The fourth-order valence-electron chi connectivity index (χ4n) is 3.80. The van der Waals surface area contributed by atoms with Gasteiger partial charge < -0.3 is 16.0 Å². The molecule has 1 aliphatic rings. The minimum absolute atomic E-state index is 0.115. The van der Waals surface area contributed by atoms with Crippen molar-refractivity contribution in [1.29, 1.82) is 0 Å². The molecule has 1 atom stereocenters. The van der Waals surface area contributed by atoms with Crippen LogP contribution in [0.5, 0.6) is 0 Å². The molecule has 9 heteroatoms. The number of carbonyl (C=O) groups is 2. The molecule has 1 aliphatic heterocycles. The molecule has 3 N–H and O–H groups in total. The number of nitrogens with two attached hydrogens (primary N) is 1. The first kappa shape index (κ1) is 22.0. The lowest BCUT2D eigenvalue weighted by Crippen LogP contribution is -2.54. The van der Waals surface area contributed by atoms with Crippen LogP contribution in [0.3, 0.4) is 0 Å². The van der Waals surface area contributed by atoms with Gasteiger partial charge in [-0.1, -0.05) is 35.9 Å². The summed E-state index contributed by atoms with van der Waals surface area (Å²) in [5, 5.41) is 3.95. The lowest BCUT2D eigenvalue weighted by Gasteiger charge is -2.35. The van der Waals surface area contributed by atoms with Crippen molar-refractivity contribution in [2.24, 2.45) is 0 Å². The third kappa shape index (κ3) is 4.81. The Morgan fingerprint density at radius 1 is 1.06 bits per heavy atom. The number of benzene rings is 2. The van der Waals surface area contributed by atoms with Crippen molar-refractivity contribution in [3.63, 3.8) is 0 Å². The standard InChI is InChI=1S/C23H25ClN6O2/c1-15(26-22(31)16-6-2-4-8-18(16)24)23(32)30-12-10-29(11-13-30)14-20-27-19-9-5-3-7-17(19)21(25)28-20/h2-9,15H,10-14H2,1H3,(H,26,31)(H2,25,27,28)/t15-/m0/s1. The predicted octanol–water partition coefficient (Wildman–Crippen LogP) is 2.33. The molecule has 2 heterocycles. The van der Waals surface area contributed by atoms with Crippen molar-refractivity contribution in [2.75, 3.05) is 31.9 Å². The van der Waals surface area contributed by atoms with Crippen molar-refractivity contribution < 1.29 is 9.59 Å². The topological polar surface area (TPSA) is 104 Å². The fourth-order valence-corrected chi connectivity index (χ4v) is 4.03. The molecule has 0 aliphatic carbocycles. The smallest absolute Gasteiger partial charge is 0.253 e. The number of nitrogens with zero attached hydrogens (tertiary/aromatic N) is 4. The van der Waals surface area contributed by atoms with Gasteiger partial charge in [0.15, 0.2) is 0 Å². The maximum atomic E-state index is 12.8. The summed E-state index contributed by atoms with van der Waals surface area (Å²) in [6, 6.07) is 13.8. The van der Waals surface area contributed by atoms with Crippen LogP contribution in [0.15, 0.2) is 48.5 Å². The highest BCUT2D eigenvalue weighted by Gasteiger charge is 2.27. The quantitative estimate of drug-likeness (QED) is 0.615. The number of piperazine rings is 1. The molecule has 3 aromatic rings. The third-order valence-electron chi connectivity index (χ3n) is 5.56. The molecule has 4 rings (SSSR count). The number of nitrogens with one attached hydrogen (secondary N) is 1. The molecular formula is C23H25ClN6O2. The minimum Gasteiger partial charge on any atom is -0.383 e. The third-order valence-corrected chi connectivity index (χ3v) is 5.89. The van der Waals surface area contributed by atoms with E-state index in [-0.39, 0.29) is 11.8 Å². The average Bonchev–Trinajstić information content (AvgIpc) is 2.79. The number of carbonyl (C=O) groups excluding carboxylic acids is 2. The monoisotopic (exact) mass is 452 g/mol. The number of fused-ring (bicyclic) bond motifs is 1. The normalized spacial score (nSPS) is 15.5. The van der Waals surface area contributed by atoms with Gasteiger partial charge in [-0.05, 0) is 31.2 Å². The lowest BCUT2D eigenvalue weighted by atomic mass is 10.2. The van der Waals surface area contributed by atoms with Gasteiger partial charge >= 0.3 is 0 Å². The summed E-state index contributed by atoms with van der Waals surface area (Å²) in [5.41, 5.74) is 7.26. The first-order valence-corrected chi connectivity index (χ1v) is 10.9. The number of rotatable bonds is 5. The summed E-state index contributed by atoms with van der Waals surface area (Å²) in [4.78, 5) is 38.3. The van der Waals surface area contributed by atoms with Gasteiger partial charge in [0.05, 0.1) is 22.6 Å². The zero-order valence-corrected chi connectivity index (χ0v) is 18.5. The molecule has 2 amide bonds. The van der Waals surface area contributed by atoms with E-state index in [4.69, 9.17) is 17.3 Å². The zero-order chi connectivity index (χ0) is 22.7. The maximum Gasteiger partial charge on any atom is 0.253 e.